The first kappa shape index (κ1) is 14.4. The fourth-order valence-electron chi connectivity index (χ4n) is 0.556. The number of ether oxygens (including phenoxy) is 1. The zero-order chi connectivity index (χ0) is 13.0. The van der Waals surface area contributed by atoms with Crippen molar-refractivity contribution in [2.24, 2.45) is 5.73 Å². The Bertz CT molecular complexity index is 278. The summed E-state index contributed by atoms with van der Waals surface area (Å²) in [4.78, 5) is 20.4. The molecular weight excluding hydrogens is 243 g/mol. The van der Waals surface area contributed by atoms with E-state index < -0.39 is 37.3 Å². The van der Waals surface area contributed by atoms with Gasteiger partial charge >= 0.3 is 18.2 Å². The number of nitrogens with two attached hydrogens (primary N) is 1. The van der Waals surface area contributed by atoms with Crippen molar-refractivity contribution in [3.05, 3.63) is 0 Å². The normalized spacial score (nSPS) is 12.1. The molecule has 94 valence electrons. The predicted octanol–water partition coefficient (Wildman–Crippen LogP) is 0.396. The zero-order valence-corrected chi connectivity index (χ0v) is 7.61. The van der Waals surface area contributed by atoms with Crippen LogP contribution in [-0.2, 0) is 9.53 Å². The molecule has 0 unspecified atom stereocenters. The van der Waals surface area contributed by atoms with Crippen LogP contribution in [0.4, 0.5) is 26.7 Å². The maximum absolute atomic E-state index is 12.2. The molecular formula is C6H7F5N2O3. The summed E-state index contributed by atoms with van der Waals surface area (Å²) in [6, 6.07) is 0. The Balaban J connectivity index is 4.12. The van der Waals surface area contributed by atoms with E-state index in [9.17, 15) is 31.5 Å². The highest BCUT2D eigenvalue weighted by Gasteiger charge is 2.63. The van der Waals surface area contributed by atoms with Crippen LogP contribution in [0.1, 0.15) is 0 Å². The van der Waals surface area contributed by atoms with Crippen molar-refractivity contribution in [2.45, 2.75) is 12.1 Å². The second-order valence-electron chi connectivity index (χ2n) is 2.50. The van der Waals surface area contributed by atoms with Crippen molar-refractivity contribution in [3.63, 3.8) is 0 Å². The van der Waals surface area contributed by atoms with Gasteiger partial charge in [0.05, 0.1) is 6.54 Å². The minimum absolute atomic E-state index is 0.602. The van der Waals surface area contributed by atoms with Crippen molar-refractivity contribution < 1.29 is 36.3 Å². The van der Waals surface area contributed by atoms with Crippen molar-refractivity contribution in [1.82, 2.24) is 5.32 Å². The van der Waals surface area contributed by atoms with Gasteiger partial charge in [-0.25, -0.2) is 4.79 Å². The van der Waals surface area contributed by atoms with Crippen LogP contribution in [0.25, 0.3) is 0 Å². The predicted molar refractivity (Wildman–Crippen MR) is 39.5 cm³/mol. The lowest BCUT2D eigenvalue weighted by Crippen LogP contribution is -2.51. The summed E-state index contributed by atoms with van der Waals surface area (Å²) >= 11 is 0. The molecule has 16 heavy (non-hydrogen) atoms. The first-order chi connectivity index (χ1) is 7.09. The molecule has 0 atom stereocenters. The summed E-state index contributed by atoms with van der Waals surface area (Å²) in [6.07, 6.45) is -7.21. The molecule has 0 bridgehead atoms. The summed E-state index contributed by atoms with van der Waals surface area (Å²) in [5.41, 5.74) is 4.46. The monoisotopic (exact) mass is 250 g/mol. The minimum Gasteiger partial charge on any atom is -0.448 e. The van der Waals surface area contributed by atoms with E-state index in [4.69, 9.17) is 0 Å². The van der Waals surface area contributed by atoms with Crippen molar-refractivity contribution >= 4 is 12.0 Å². The smallest absolute Gasteiger partial charge is 0.448 e. The Kier molecular flexibility index (Phi) is 4.45. The first-order valence-electron chi connectivity index (χ1n) is 3.74. The second kappa shape index (κ2) is 4.94. The van der Waals surface area contributed by atoms with Gasteiger partial charge in [-0.1, -0.05) is 0 Å². The van der Waals surface area contributed by atoms with E-state index in [1.165, 1.54) is 5.32 Å². The highest BCUT2D eigenvalue weighted by molar-refractivity contribution is 5.84. The molecule has 0 aromatic heterocycles. The standard InChI is InChI=1S/C6H7F5N2O3/c7-5(8,6(9,10)11)3(14)13-1-2-16-4(12)15/h1-2H2,(H2,12,15)(H,13,14). The number of hydrogen-bond acceptors (Lipinski definition) is 3. The van der Waals surface area contributed by atoms with Gasteiger partial charge in [-0.2, -0.15) is 22.0 Å². The van der Waals surface area contributed by atoms with Gasteiger partial charge < -0.3 is 15.8 Å². The highest BCUT2D eigenvalue weighted by atomic mass is 19.4. The number of hydrogen-bond donors (Lipinski definition) is 2. The summed E-state index contributed by atoms with van der Waals surface area (Å²) in [7, 11) is 0. The Morgan fingerprint density at radius 2 is 1.69 bits per heavy atom. The Labute approximate surface area is 85.7 Å². The van der Waals surface area contributed by atoms with Gasteiger partial charge in [-0.3, -0.25) is 4.79 Å². The molecule has 0 radical (unpaired) electrons. The molecule has 0 fully saturated rings. The van der Waals surface area contributed by atoms with Gasteiger partial charge in [0.15, 0.2) is 0 Å². The third-order valence-corrected chi connectivity index (χ3v) is 1.27. The summed E-state index contributed by atoms with van der Waals surface area (Å²) < 4.78 is 63.3. The van der Waals surface area contributed by atoms with Crippen LogP contribution in [0.2, 0.25) is 0 Å². The van der Waals surface area contributed by atoms with Crippen molar-refractivity contribution in [3.8, 4) is 0 Å². The van der Waals surface area contributed by atoms with Crippen LogP contribution in [0.15, 0.2) is 0 Å². The number of primary amides is 1. The molecule has 0 aliphatic rings. The molecule has 0 spiro atoms. The molecule has 0 aromatic rings. The first-order valence-corrected chi connectivity index (χ1v) is 3.74. The van der Waals surface area contributed by atoms with Gasteiger partial charge in [0.2, 0.25) is 0 Å². The van der Waals surface area contributed by atoms with Crippen LogP contribution >= 0.6 is 0 Å². The lowest BCUT2D eigenvalue weighted by Gasteiger charge is -2.18. The van der Waals surface area contributed by atoms with Crippen molar-refractivity contribution in [1.29, 1.82) is 0 Å². The van der Waals surface area contributed by atoms with Crippen molar-refractivity contribution in [2.75, 3.05) is 13.2 Å². The van der Waals surface area contributed by atoms with E-state index in [0.717, 1.165) is 0 Å². The average molecular weight is 250 g/mol. The SMILES string of the molecule is NC(=O)OCCNC(=O)C(F)(F)C(F)(F)F. The molecule has 3 N–H and O–H groups in total. The highest BCUT2D eigenvalue weighted by Crippen LogP contribution is 2.35. The van der Waals surface area contributed by atoms with Crippen LogP contribution in [0.5, 0.6) is 0 Å². The molecule has 0 heterocycles. The minimum atomic E-state index is -5.97. The van der Waals surface area contributed by atoms with E-state index in [-0.39, 0.29) is 0 Å². The lowest BCUT2D eigenvalue weighted by atomic mass is 10.3. The van der Waals surface area contributed by atoms with Crippen LogP contribution in [-0.4, -0.2) is 37.3 Å². The topological polar surface area (TPSA) is 81.4 Å². The van der Waals surface area contributed by atoms with Gasteiger partial charge in [-0.05, 0) is 0 Å². The maximum Gasteiger partial charge on any atom is 0.463 e. The fraction of sp³-hybridized carbons (Fsp3) is 0.667. The number of nitrogens with one attached hydrogen (secondary N) is 1. The molecule has 0 aliphatic heterocycles. The van der Waals surface area contributed by atoms with Gasteiger partial charge in [-0.15, -0.1) is 0 Å². The second-order valence-corrected chi connectivity index (χ2v) is 2.50. The van der Waals surface area contributed by atoms with Crippen LogP contribution < -0.4 is 11.1 Å². The molecule has 0 saturated heterocycles. The lowest BCUT2D eigenvalue weighted by molar-refractivity contribution is -0.269. The van der Waals surface area contributed by atoms with Gasteiger partial charge in [0.1, 0.15) is 6.61 Å². The number of rotatable bonds is 4. The Morgan fingerprint density at radius 3 is 2.06 bits per heavy atom. The molecule has 0 rings (SSSR count). The third-order valence-electron chi connectivity index (χ3n) is 1.27. The Hall–Kier alpha value is -1.61. The summed E-state index contributed by atoms with van der Waals surface area (Å²) in [5.74, 6) is -8.01. The number of halogens is 5. The zero-order valence-electron chi connectivity index (χ0n) is 7.61. The molecule has 0 aliphatic carbocycles. The largest absolute Gasteiger partial charge is 0.463 e. The molecule has 10 heteroatoms. The van der Waals surface area contributed by atoms with E-state index in [2.05, 4.69) is 10.5 Å². The Morgan fingerprint density at radius 1 is 1.19 bits per heavy atom. The molecule has 0 saturated carbocycles. The summed E-state index contributed by atoms with van der Waals surface area (Å²) in [6.45, 7) is -1.30. The van der Waals surface area contributed by atoms with Crippen LogP contribution in [0.3, 0.4) is 0 Å². The number of alkyl halides is 5. The quantitative estimate of drug-likeness (QED) is 0.559. The fourth-order valence-corrected chi connectivity index (χ4v) is 0.556. The van der Waals surface area contributed by atoms with Crippen LogP contribution in [0, 0.1) is 0 Å². The molecule has 5 nitrogen and oxygen atoms in total. The van der Waals surface area contributed by atoms with E-state index in [0.29, 0.717) is 0 Å². The van der Waals surface area contributed by atoms with Gasteiger partial charge in [0.25, 0.3) is 5.91 Å². The van der Waals surface area contributed by atoms with Gasteiger partial charge in [0, 0.05) is 0 Å². The number of amides is 2. The van der Waals surface area contributed by atoms with E-state index in [1.807, 2.05) is 0 Å². The third kappa shape index (κ3) is 3.87. The average Bonchev–Trinajstić information content (AvgIpc) is 2.09. The maximum atomic E-state index is 12.2. The molecule has 2 amide bonds. The molecule has 0 aromatic carbocycles. The number of carbonyl (C=O) groups excluding carboxylic acids is 2. The number of carbonyl (C=O) groups is 2. The van der Waals surface area contributed by atoms with E-state index >= 15 is 0 Å². The summed E-state index contributed by atoms with van der Waals surface area (Å²) in [5, 5.41) is 1.24. The van der Waals surface area contributed by atoms with E-state index in [1.54, 1.807) is 0 Å².